The monoisotopic (exact) mass is 278 g/mol. The summed E-state index contributed by atoms with van der Waals surface area (Å²) in [5.41, 5.74) is 0. The zero-order valence-corrected chi connectivity index (χ0v) is 11.0. The molecule has 0 bridgehead atoms. The van der Waals surface area contributed by atoms with Gasteiger partial charge in [0.15, 0.2) is 6.61 Å². The van der Waals surface area contributed by atoms with Crippen molar-refractivity contribution in [2.45, 2.75) is 13.0 Å². The molecular formula is C14H17FN3O2+. The van der Waals surface area contributed by atoms with E-state index in [0.29, 0.717) is 12.3 Å². The molecule has 0 saturated carbocycles. The van der Waals surface area contributed by atoms with Gasteiger partial charge >= 0.3 is 0 Å². The van der Waals surface area contributed by atoms with Gasteiger partial charge in [0.25, 0.3) is 5.91 Å². The van der Waals surface area contributed by atoms with E-state index in [4.69, 9.17) is 4.74 Å². The number of carbonyl (C=O) groups is 1. The maximum Gasteiger partial charge on any atom is 0.257 e. The van der Waals surface area contributed by atoms with Gasteiger partial charge in [-0.3, -0.25) is 9.78 Å². The predicted octanol–water partition coefficient (Wildman–Crippen LogP) is 1.03. The average molecular weight is 278 g/mol. The lowest BCUT2D eigenvalue weighted by Gasteiger charge is -2.06. The lowest BCUT2D eigenvalue weighted by Crippen LogP contribution is -2.35. The molecule has 2 aromatic rings. The highest BCUT2D eigenvalue weighted by atomic mass is 19.1. The number of benzene rings is 1. The van der Waals surface area contributed by atoms with Crippen LogP contribution >= 0.6 is 0 Å². The molecule has 1 amide bonds. The van der Waals surface area contributed by atoms with E-state index in [0.717, 1.165) is 13.0 Å². The van der Waals surface area contributed by atoms with E-state index in [1.807, 2.05) is 23.3 Å². The van der Waals surface area contributed by atoms with Crippen LogP contribution in [0.5, 0.6) is 5.75 Å². The molecule has 2 N–H and O–H groups in total. The highest BCUT2D eigenvalue weighted by Gasteiger charge is 2.03. The Kier molecular flexibility index (Phi) is 5.11. The van der Waals surface area contributed by atoms with E-state index in [1.165, 1.54) is 24.3 Å². The van der Waals surface area contributed by atoms with E-state index >= 15 is 0 Å². The van der Waals surface area contributed by atoms with Gasteiger partial charge in [0.05, 0.1) is 6.54 Å². The van der Waals surface area contributed by atoms with Crippen LogP contribution in [0.25, 0.3) is 0 Å². The Morgan fingerprint density at radius 1 is 1.35 bits per heavy atom. The van der Waals surface area contributed by atoms with Gasteiger partial charge in [0.1, 0.15) is 24.0 Å². The van der Waals surface area contributed by atoms with Crippen LogP contribution in [0.3, 0.4) is 0 Å². The number of H-pyrrole nitrogens is 1. The third-order valence-electron chi connectivity index (χ3n) is 2.70. The van der Waals surface area contributed by atoms with E-state index < -0.39 is 0 Å². The second-order valence-corrected chi connectivity index (χ2v) is 4.30. The zero-order valence-electron chi connectivity index (χ0n) is 11.0. The molecule has 1 aromatic carbocycles. The van der Waals surface area contributed by atoms with Crippen molar-refractivity contribution in [3.05, 3.63) is 48.8 Å². The minimum atomic E-state index is -0.330. The molecule has 1 heterocycles. The first kappa shape index (κ1) is 14.0. The Labute approximate surface area is 116 Å². The molecule has 0 atom stereocenters. The Hall–Kier alpha value is -2.37. The molecule has 0 unspecified atom stereocenters. The number of hydrogen-bond donors (Lipinski definition) is 2. The normalized spacial score (nSPS) is 10.2. The fraction of sp³-hybridized carbons (Fsp3) is 0.286. The number of amides is 1. The van der Waals surface area contributed by atoms with Crippen LogP contribution in [0.15, 0.2) is 43.0 Å². The molecule has 5 nitrogen and oxygen atoms in total. The lowest BCUT2D eigenvalue weighted by molar-refractivity contribution is -0.695. The first-order chi connectivity index (χ1) is 9.74. The van der Waals surface area contributed by atoms with Crippen molar-refractivity contribution >= 4 is 5.91 Å². The van der Waals surface area contributed by atoms with Crippen molar-refractivity contribution in [3.63, 3.8) is 0 Å². The number of ether oxygens (including phenoxy) is 1. The Balaban J connectivity index is 1.59. The fourth-order valence-electron chi connectivity index (χ4n) is 1.68. The molecule has 0 saturated heterocycles. The van der Waals surface area contributed by atoms with Crippen molar-refractivity contribution in [2.24, 2.45) is 0 Å². The molecule has 0 aliphatic carbocycles. The fourth-order valence-corrected chi connectivity index (χ4v) is 1.68. The van der Waals surface area contributed by atoms with Gasteiger partial charge < -0.3 is 10.1 Å². The van der Waals surface area contributed by atoms with Crippen molar-refractivity contribution < 1.29 is 18.5 Å². The van der Waals surface area contributed by atoms with E-state index in [1.54, 1.807) is 0 Å². The minimum Gasteiger partial charge on any atom is -0.484 e. The largest absolute Gasteiger partial charge is 0.484 e. The van der Waals surface area contributed by atoms with Crippen LogP contribution in [0.2, 0.25) is 0 Å². The number of imidazole rings is 1. The summed E-state index contributed by atoms with van der Waals surface area (Å²) in [5, 5.41) is 2.77. The molecule has 20 heavy (non-hydrogen) atoms. The molecule has 2 rings (SSSR count). The van der Waals surface area contributed by atoms with Crippen LogP contribution in [0.4, 0.5) is 4.39 Å². The number of aromatic amines is 1. The number of aromatic nitrogens is 2. The number of nitrogens with one attached hydrogen (secondary N) is 2. The van der Waals surface area contributed by atoms with Gasteiger partial charge in [-0.25, -0.2) is 8.96 Å². The molecule has 106 valence electrons. The Bertz CT molecular complexity index is 526. The van der Waals surface area contributed by atoms with Crippen LogP contribution in [-0.2, 0) is 11.3 Å². The molecule has 6 heteroatoms. The second kappa shape index (κ2) is 7.28. The van der Waals surface area contributed by atoms with Crippen LogP contribution in [0.1, 0.15) is 6.42 Å². The molecule has 0 radical (unpaired) electrons. The number of nitrogens with zero attached hydrogens (tertiary/aromatic N) is 1. The van der Waals surface area contributed by atoms with Gasteiger partial charge in [-0.15, -0.1) is 0 Å². The topological polar surface area (TPSA) is 58.0 Å². The van der Waals surface area contributed by atoms with Gasteiger partial charge in [0.2, 0.25) is 6.33 Å². The standard InChI is InChI=1S/C14H16FN3O2/c15-12-2-4-13(5-3-12)20-10-14(19)17-6-1-8-18-9-7-16-11-18/h2-5,7,9,11H,1,6,8,10H2,(H,17,19)/p+1. The van der Waals surface area contributed by atoms with E-state index in [-0.39, 0.29) is 18.3 Å². The maximum absolute atomic E-state index is 12.7. The summed E-state index contributed by atoms with van der Waals surface area (Å²) in [7, 11) is 0. The predicted molar refractivity (Wildman–Crippen MR) is 70.5 cm³/mol. The molecular weight excluding hydrogens is 261 g/mol. The first-order valence-electron chi connectivity index (χ1n) is 6.41. The Morgan fingerprint density at radius 3 is 2.85 bits per heavy atom. The molecule has 0 aliphatic heterocycles. The highest BCUT2D eigenvalue weighted by Crippen LogP contribution is 2.10. The van der Waals surface area contributed by atoms with Crippen LogP contribution < -0.4 is 14.6 Å². The number of halogens is 1. The number of carbonyl (C=O) groups excluding carboxylic acids is 1. The van der Waals surface area contributed by atoms with Gasteiger partial charge in [0, 0.05) is 13.0 Å². The summed E-state index contributed by atoms with van der Waals surface area (Å²) in [6.45, 7) is 1.36. The highest BCUT2D eigenvalue weighted by molar-refractivity contribution is 5.77. The summed E-state index contributed by atoms with van der Waals surface area (Å²) in [6, 6.07) is 5.57. The first-order valence-corrected chi connectivity index (χ1v) is 6.41. The number of aryl methyl sites for hydroxylation is 1. The van der Waals surface area contributed by atoms with Crippen molar-refractivity contribution in [3.8, 4) is 5.75 Å². The van der Waals surface area contributed by atoms with E-state index in [2.05, 4.69) is 10.3 Å². The smallest absolute Gasteiger partial charge is 0.257 e. The molecule has 1 aromatic heterocycles. The SMILES string of the molecule is O=C(COc1ccc(F)cc1)NCCC[n+]1cc[nH]c1. The summed E-state index contributed by atoms with van der Waals surface area (Å²) < 4.78 is 19.9. The maximum atomic E-state index is 12.7. The quantitative estimate of drug-likeness (QED) is 0.587. The summed E-state index contributed by atoms with van der Waals surface area (Å²) in [4.78, 5) is 14.5. The summed E-state index contributed by atoms with van der Waals surface area (Å²) >= 11 is 0. The van der Waals surface area contributed by atoms with Crippen molar-refractivity contribution in [2.75, 3.05) is 13.2 Å². The van der Waals surface area contributed by atoms with Crippen LogP contribution in [-0.4, -0.2) is 24.0 Å². The Morgan fingerprint density at radius 2 is 2.15 bits per heavy atom. The third kappa shape index (κ3) is 4.72. The second-order valence-electron chi connectivity index (χ2n) is 4.30. The van der Waals surface area contributed by atoms with Crippen molar-refractivity contribution in [1.82, 2.24) is 10.3 Å². The minimum absolute atomic E-state index is 0.0665. The molecule has 0 spiro atoms. The average Bonchev–Trinajstić information content (AvgIpc) is 2.96. The van der Waals surface area contributed by atoms with E-state index in [9.17, 15) is 9.18 Å². The van der Waals surface area contributed by atoms with Crippen molar-refractivity contribution in [1.29, 1.82) is 0 Å². The molecule has 0 aliphatic rings. The van der Waals surface area contributed by atoms with Gasteiger partial charge in [-0.2, -0.15) is 0 Å². The summed E-state index contributed by atoms with van der Waals surface area (Å²) in [6.07, 6.45) is 6.47. The van der Waals surface area contributed by atoms with Gasteiger partial charge in [-0.05, 0) is 24.3 Å². The molecule has 0 fully saturated rings. The zero-order chi connectivity index (χ0) is 14.2. The van der Waals surface area contributed by atoms with Crippen LogP contribution in [0, 0.1) is 5.82 Å². The summed E-state index contributed by atoms with van der Waals surface area (Å²) in [5.74, 6) is -0.0399. The number of hydrogen-bond acceptors (Lipinski definition) is 2. The lowest BCUT2D eigenvalue weighted by atomic mass is 10.3. The third-order valence-corrected chi connectivity index (χ3v) is 2.70. The number of rotatable bonds is 7. The van der Waals surface area contributed by atoms with Gasteiger partial charge in [-0.1, -0.05) is 0 Å².